The summed E-state index contributed by atoms with van der Waals surface area (Å²) in [5.41, 5.74) is -0.436. The number of aliphatic imine (C=N–C) groups is 1. The molecule has 3 aromatic rings. The minimum Gasteiger partial charge on any atom is -0.593 e. The number of dihydropyridines is 1. The first-order valence-corrected chi connectivity index (χ1v) is 16.2. The lowest BCUT2D eigenvalue weighted by atomic mass is 9.70. The van der Waals surface area contributed by atoms with Crippen molar-refractivity contribution in [2.45, 2.75) is 70.9 Å². The van der Waals surface area contributed by atoms with Gasteiger partial charge in [0.1, 0.15) is 5.60 Å². The molecule has 0 saturated carbocycles. The number of rotatable bonds is 6. The quantitative estimate of drug-likeness (QED) is 0.365. The van der Waals surface area contributed by atoms with Crippen LogP contribution in [0.1, 0.15) is 66.8 Å². The van der Waals surface area contributed by atoms with E-state index in [9.17, 15) is 32.7 Å². The van der Waals surface area contributed by atoms with E-state index in [0.29, 0.717) is 29.7 Å². The summed E-state index contributed by atoms with van der Waals surface area (Å²) in [6.45, 7) is 9.46. The van der Waals surface area contributed by atoms with Gasteiger partial charge in [0.05, 0.1) is 49.6 Å². The first-order chi connectivity index (χ1) is 21.9. The summed E-state index contributed by atoms with van der Waals surface area (Å²) in [5, 5.41) is 28.3. The molecule has 2 saturated heterocycles. The van der Waals surface area contributed by atoms with Crippen LogP contribution >= 0.6 is 0 Å². The molecule has 0 amide bonds. The van der Waals surface area contributed by atoms with Crippen molar-refractivity contribution in [3.05, 3.63) is 75.1 Å². The van der Waals surface area contributed by atoms with Crippen LogP contribution < -0.4 is 0 Å². The number of pyridine rings is 1. The van der Waals surface area contributed by atoms with Crippen molar-refractivity contribution in [2.24, 2.45) is 10.4 Å². The summed E-state index contributed by atoms with van der Waals surface area (Å²) >= 11 is -1.77. The monoisotopic (exact) mass is 675 g/mol. The van der Waals surface area contributed by atoms with Crippen LogP contribution in [0.2, 0.25) is 0 Å². The van der Waals surface area contributed by atoms with Crippen LogP contribution in [-0.4, -0.2) is 83.0 Å². The van der Waals surface area contributed by atoms with Crippen molar-refractivity contribution in [1.29, 1.82) is 0 Å². The normalized spacial score (nSPS) is 26.0. The third kappa shape index (κ3) is 6.03. The predicted octanol–water partition coefficient (Wildman–Crippen LogP) is 4.31. The second-order valence-electron chi connectivity index (χ2n) is 13.4. The van der Waals surface area contributed by atoms with Crippen LogP contribution in [0, 0.1) is 19.3 Å². The Kier molecular flexibility index (Phi) is 8.23. The zero-order valence-corrected chi connectivity index (χ0v) is 27.4. The number of aliphatic hydroxyl groups is 1. The second-order valence-corrected chi connectivity index (χ2v) is 14.8. The molecule has 2 N–H and O–H groups in total. The van der Waals surface area contributed by atoms with Crippen LogP contribution in [0.3, 0.4) is 0 Å². The molecule has 47 heavy (non-hydrogen) atoms. The molecule has 3 aliphatic heterocycles. The van der Waals surface area contributed by atoms with Gasteiger partial charge in [-0.25, -0.2) is 4.99 Å². The minimum atomic E-state index is -4.73. The van der Waals surface area contributed by atoms with Gasteiger partial charge in [-0.15, -0.1) is 14.5 Å². The summed E-state index contributed by atoms with van der Waals surface area (Å²) < 4.78 is 69.6. The van der Waals surface area contributed by atoms with Gasteiger partial charge in [0.25, 0.3) is 5.90 Å². The molecule has 1 spiro atoms. The van der Waals surface area contributed by atoms with Crippen LogP contribution in [0.15, 0.2) is 46.4 Å². The summed E-state index contributed by atoms with van der Waals surface area (Å²) in [5.74, 6) is -2.85. The molecule has 6 rings (SSSR count). The van der Waals surface area contributed by atoms with E-state index >= 15 is 0 Å². The molecular formula is C32H36F3N5O6S. The lowest BCUT2D eigenvalue weighted by Crippen LogP contribution is -2.45. The fourth-order valence-electron chi connectivity index (χ4n) is 6.51. The summed E-state index contributed by atoms with van der Waals surface area (Å²) in [7, 11) is 0. The van der Waals surface area contributed by atoms with Crippen molar-refractivity contribution < 1.29 is 42.2 Å². The van der Waals surface area contributed by atoms with Crippen molar-refractivity contribution in [3.8, 4) is 0 Å². The molecule has 15 heteroatoms. The zero-order chi connectivity index (χ0) is 34.1. The van der Waals surface area contributed by atoms with Gasteiger partial charge in [0.2, 0.25) is 10.7 Å². The molecule has 252 valence electrons. The van der Waals surface area contributed by atoms with Crippen LogP contribution in [0.4, 0.5) is 13.2 Å². The van der Waals surface area contributed by atoms with E-state index in [1.165, 1.54) is 18.3 Å². The Labute approximate surface area is 272 Å². The van der Waals surface area contributed by atoms with E-state index in [2.05, 4.69) is 15.2 Å². The van der Waals surface area contributed by atoms with Gasteiger partial charge in [-0.05, 0) is 68.5 Å². The van der Waals surface area contributed by atoms with E-state index in [1.54, 1.807) is 32.0 Å². The minimum absolute atomic E-state index is 0.0218. The summed E-state index contributed by atoms with van der Waals surface area (Å²) in [6.07, 6.45) is -1.43. The van der Waals surface area contributed by atoms with E-state index in [4.69, 9.17) is 9.47 Å². The molecule has 2 aromatic heterocycles. The molecule has 2 fully saturated rings. The smallest absolute Gasteiger partial charge is 0.452 e. The fraction of sp³-hybridized carbons (Fsp3) is 0.500. The highest BCUT2D eigenvalue weighted by atomic mass is 32.2. The highest BCUT2D eigenvalue weighted by Gasteiger charge is 2.50. The molecular weight excluding hydrogens is 639 g/mol. The number of aliphatic carboxylic acids is 1. The zero-order valence-electron chi connectivity index (χ0n) is 26.6. The number of ether oxygens (including phenoxy) is 2. The van der Waals surface area contributed by atoms with Crippen molar-refractivity contribution in [3.63, 3.8) is 0 Å². The number of nitrogens with zero attached hydrogens (tertiary/aromatic N) is 5. The van der Waals surface area contributed by atoms with E-state index in [1.807, 2.05) is 25.1 Å². The average molecular weight is 676 g/mol. The number of carboxylic acids is 1. The van der Waals surface area contributed by atoms with E-state index in [0.717, 1.165) is 15.5 Å². The maximum absolute atomic E-state index is 14.1. The maximum Gasteiger partial charge on any atom is 0.452 e. The number of alkyl halides is 3. The van der Waals surface area contributed by atoms with Crippen LogP contribution in [-0.2, 0) is 38.4 Å². The number of hydrogen-bond donors (Lipinski definition) is 2. The van der Waals surface area contributed by atoms with Gasteiger partial charge in [0.15, 0.2) is 11.2 Å². The lowest BCUT2D eigenvalue weighted by Gasteiger charge is -2.33. The number of hydrogen-bond acceptors (Lipinski definition) is 9. The molecule has 0 aliphatic carbocycles. The number of carboxylic acid groups (broad SMARTS) is 1. The number of aromatic nitrogens is 3. The Balaban J connectivity index is 1.43. The van der Waals surface area contributed by atoms with Gasteiger partial charge in [0, 0.05) is 24.6 Å². The van der Waals surface area contributed by atoms with E-state index < -0.39 is 51.9 Å². The Hall–Kier alpha value is -3.50. The number of halogens is 3. The van der Waals surface area contributed by atoms with Gasteiger partial charge < -0.3 is 24.2 Å². The van der Waals surface area contributed by atoms with Crippen molar-refractivity contribution in [2.75, 3.05) is 26.3 Å². The first-order valence-electron chi connectivity index (χ1n) is 15.1. The highest BCUT2D eigenvalue weighted by Crippen LogP contribution is 2.44. The fourth-order valence-corrected chi connectivity index (χ4v) is 8.01. The maximum atomic E-state index is 14.1. The standard InChI is InChI=1S/C32H36F3N5O6S/c1-18-6-7-20(24(29(3,4)28(41)42)22-8-10-40-25(19(22)2)37-38-27(40)32(33,34)35)12-21(18)14-39-16-31(9-11-45-17-31)46-26-23(47(39)44)13-30(5,43)15-36-26/h6-8,10,12-13,24,43H,9,11,14-17H2,1-5H3,(H,41,42)/t24-,30?,31?,47-/m0/s1. The third-order valence-electron chi connectivity index (χ3n) is 9.22. The Morgan fingerprint density at radius 1 is 1.21 bits per heavy atom. The van der Waals surface area contributed by atoms with Crippen molar-refractivity contribution in [1.82, 2.24) is 18.9 Å². The van der Waals surface area contributed by atoms with Gasteiger partial charge in [-0.2, -0.15) is 13.2 Å². The van der Waals surface area contributed by atoms with Gasteiger partial charge >= 0.3 is 12.1 Å². The molecule has 0 bridgehead atoms. The molecule has 3 aliphatic rings. The van der Waals surface area contributed by atoms with Gasteiger partial charge in [-0.3, -0.25) is 9.20 Å². The topological polar surface area (TPSA) is 145 Å². The van der Waals surface area contributed by atoms with E-state index in [-0.39, 0.29) is 42.7 Å². The highest BCUT2D eigenvalue weighted by molar-refractivity contribution is 7.94. The number of aryl methyl sites for hydroxylation is 2. The summed E-state index contributed by atoms with van der Waals surface area (Å²) in [4.78, 5) is 17.4. The van der Waals surface area contributed by atoms with Crippen LogP contribution in [0.5, 0.6) is 0 Å². The first kappa shape index (κ1) is 33.4. The van der Waals surface area contributed by atoms with Gasteiger partial charge in [-0.1, -0.05) is 18.2 Å². The molecule has 5 heterocycles. The molecule has 4 atom stereocenters. The Morgan fingerprint density at radius 2 is 1.96 bits per heavy atom. The molecule has 1 aromatic carbocycles. The number of carbonyl (C=O) groups is 1. The Morgan fingerprint density at radius 3 is 2.62 bits per heavy atom. The van der Waals surface area contributed by atoms with Crippen molar-refractivity contribution >= 4 is 28.9 Å². The second kappa shape index (κ2) is 11.6. The average Bonchev–Trinajstić information content (AvgIpc) is 3.61. The number of benzene rings is 1. The predicted molar refractivity (Wildman–Crippen MR) is 166 cm³/mol. The lowest BCUT2D eigenvalue weighted by molar-refractivity contribution is -0.147. The molecule has 2 unspecified atom stereocenters. The largest absolute Gasteiger partial charge is 0.593 e. The summed E-state index contributed by atoms with van der Waals surface area (Å²) in [6, 6.07) is 7.01. The Bertz CT molecular complexity index is 1800. The van der Waals surface area contributed by atoms with Crippen LogP contribution in [0.25, 0.3) is 5.65 Å². The third-order valence-corrected chi connectivity index (χ3v) is 10.6. The molecule has 0 radical (unpaired) electrons. The molecule has 11 nitrogen and oxygen atoms in total. The number of fused-ring (bicyclic) bond motifs is 2. The SMILES string of the molecule is Cc1ccc([C@@H](c2ccn3c(C(F)(F)F)nnc3c2C)C(C)(C)C(=O)O)cc1CN1CC2(CCOC2)OC2=NCC(C)(O)C=C2[S@+]1[O-].